The Bertz CT molecular complexity index is 573. The minimum Gasteiger partial charge on any atom is -0.389 e. The third kappa shape index (κ3) is 1.93. The number of aliphatic hydroxyl groups is 1. The van der Waals surface area contributed by atoms with E-state index < -0.39 is 6.10 Å². The first-order valence-corrected chi connectivity index (χ1v) is 6.19. The van der Waals surface area contributed by atoms with Crippen LogP contribution in [0, 0.1) is 5.82 Å². The van der Waals surface area contributed by atoms with Gasteiger partial charge >= 0.3 is 0 Å². The van der Waals surface area contributed by atoms with Gasteiger partial charge in [-0.15, -0.1) is 0 Å². The van der Waals surface area contributed by atoms with Gasteiger partial charge in [0, 0.05) is 17.7 Å². The second-order valence-corrected chi connectivity index (χ2v) is 4.81. The van der Waals surface area contributed by atoms with Gasteiger partial charge in [-0.2, -0.15) is 5.10 Å². The zero-order valence-electron chi connectivity index (χ0n) is 10.2. The predicted octanol–water partition coefficient (Wildman–Crippen LogP) is 2.94. The summed E-state index contributed by atoms with van der Waals surface area (Å²) in [6.45, 7) is 1.63. The molecule has 1 aliphatic rings. The van der Waals surface area contributed by atoms with Gasteiger partial charge in [-0.3, -0.25) is 0 Å². The summed E-state index contributed by atoms with van der Waals surface area (Å²) in [6.07, 6.45) is 3.37. The highest BCUT2D eigenvalue weighted by Crippen LogP contribution is 2.39. The Morgan fingerprint density at radius 1 is 1.39 bits per heavy atom. The normalized spacial score (nSPS) is 16.8. The Hall–Kier alpha value is -1.68. The Kier molecular flexibility index (Phi) is 2.67. The number of aromatic nitrogens is 2. The molecule has 0 amide bonds. The fraction of sp³-hybridized carbons (Fsp3) is 0.357. The maximum absolute atomic E-state index is 14.0. The number of rotatable bonds is 3. The van der Waals surface area contributed by atoms with Crippen LogP contribution in [0.3, 0.4) is 0 Å². The van der Waals surface area contributed by atoms with Gasteiger partial charge in [0.1, 0.15) is 11.5 Å². The van der Waals surface area contributed by atoms with Crippen molar-refractivity contribution in [2.75, 3.05) is 0 Å². The number of halogens is 1. The lowest BCUT2D eigenvalue weighted by Crippen LogP contribution is -2.06. The van der Waals surface area contributed by atoms with Crippen LogP contribution in [0.2, 0.25) is 0 Å². The maximum Gasteiger partial charge on any atom is 0.149 e. The standard InChI is InChI=1S/C14H15FN2O/c1-9(18)11-3-2-4-12(15)14(11)17-8-7-13(16-17)10-5-6-10/h2-4,7-10,18H,5-6H2,1H3. The number of para-hydroxylation sites is 1. The van der Waals surface area contributed by atoms with Gasteiger partial charge in [-0.1, -0.05) is 12.1 Å². The van der Waals surface area contributed by atoms with Gasteiger partial charge in [0.05, 0.1) is 11.8 Å². The van der Waals surface area contributed by atoms with E-state index in [1.807, 2.05) is 6.07 Å². The van der Waals surface area contributed by atoms with Gasteiger partial charge in [0.2, 0.25) is 0 Å². The molecule has 1 atom stereocenters. The van der Waals surface area contributed by atoms with Crippen LogP contribution in [0.1, 0.15) is 43.0 Å². The molecule has 1 unspecified atom stereocenters. The van der Waals surface area contributed by atoms with Gasteiger partial charge in [-0.05, 0) is 31.9 Å². The first-order valence-electron chi connectivity index (χ1n) is 6.19. The highest BCUT2D eigenvalue weighted by Gasteiger charge is 2.26. The lowest BCUT2D eigenvalue weighted by atomic mass is 10.1. The summed E-state index contributed by atoms with van der Waals surface area (Å²) in [5.41, 5.74) is 1.91. The fourth-order valence-electron chi connectivity index (χ4n) is 2.17. The molecule has 1 N–H and O–H groups in total. The van der Waals surface area contributed by atoms with Gasteiger partial charge in [0.25, 0.3) is 0 Å². The molecule has 1 aromatic heterocycles. The Labute approximate surface area is 105 Å². The molecule has 0 saturated heterocycles. The molecular weight excluding hydrogens is 231 g/mol. The van der Waals surface area contributed by atoms with Crippen molar-refractivity contribution in [3.05, 3.63) is 47.5 Å². The molecule has 4 heteroatoms. The molecule has 0 spiro atoms. The van der Waals surface area contributed by atoms with E-state index in [4.69, 9.17) is 0 Å². The van der Waals surface area contributed by atoms with Crippen molar-refractivity contribution in [3.63, 3.8) is 0 Å². The molecule has 2 aromatic rings. The van der Waals surface area contributed by atoms with E-state index in [2.05, 4.69) is 5.10 Å². The summed E-state index contributed by atoms with van der Waals surface area (Å²) in [5, 5.41) is 14.1. The fourth-order valence-corrected chi connectivity index (χ4v) is 2.17. The molecule has 1 fully saturated rings. The number of nitrogens with zero attached hydrogens (tertiary/aromatic N) is 2. The molecule has 18 heavy (non-hydrogen) atoms. The van der Waals surface area contributed by atoms with Gasteiger partial charge < -0.3 is 5.11 Å². The quantitative estimate of drug-likeness (QED) is 0.904. The summed E-state index contributed by atoms with van der Waals surface area (Å²) < 4.78 is 15.5. The SMILES string of the molecule is CC(O)c1cccc(F)c1-n1ccc(C2CC2)n1. The average molecular weight is 246 g/mol. The van der Waals surface area contributed by atoms with Crippen molar-refractivity contribution in [1.29, 1.82) is 0 Å². The molecule has 1 heterocycles. The maximum atomic E-state index is 14.0. The zero-order valence-corrected chi connectivity index (χ0v) is 10.2. The van der Waals surface area contributed by atoms with Crippen LogP contribution in [0.5, 0.6) is 0 Å². The minimum atomic E-state index is -0.718. The summed E-state index contributed by atoms with van der Waals surface area (Å²) in [4.78, 5) is 0. The van der Waals surface area contributed by atoms with E-state index in [0.717, 1.165) is 18.5 Å². The van der Waals surface area contributed by atoms with Crippen LogP contribution in [0.25, 0.3) is 5.69 Å². The second kappa shape index (κ2) is 4.21. The summed E-state index contributed by atoms with van der Waals surface area (Å²) in [7, 11) is 0. The van der Waals surface area contributed by atoms with E-state index in [9.17, 15) is 9.50 Å². The van der Waals surface area contributed by atoms with Crippen molar-refractivity contribution < 1.29 is 9.50 Å². The molecule has 0 bridgehead atoms. The third-order valence-corrected chi connectivity index (χ3v) is 3.30. The van der Waals surface area contributed by atoms with Crippen molar-refractivity contribution in [2.45, 2.75) is 31.8 Å². The Morgan fingerprint density at radius 3 is 2.83 bits per heavy atom. The van der Waals surface area contributed by atoms with Gasteiger partial charge in [-0.25, -0.2) is 9.07 Å². The van der Waals surface area contributed by atoms with Crippen molar-refractivity contribution >= 4 is 0 Å². The molecular formula is C14H15FN2O. The molecule has 3 rings (SSSR count). The highest BCUT2D eigenvalue weighted by molar-refractivity contribution is 5.43. The number of benzene rings is 1. The lowest BCUT2D eigenvalue weighted by molar-refractivity contribution is 0.198. The molecule has 3 nitrogen and oxygen atoms in total. The van der Waals surface area contributed by atoms with E-state index in [1.54, 1.807) is 25.3 Å². The van der Waals surface area contributed by atoms with Crippen LogP contribution < -0.4 is 0 Å². The number of hydrogen-bond acceptors (Lipinski definition) is 2. The van der Waals surface area contributed by atoms with Crippen molar-refractivity contribution in [3.8, 4) is 5.69 Å². The van der Waals surface area contributed by atoms with E-state index in [-0.39, 0.29) is 5.82 Å². The second-order valence-electron chi connectivity index (χ2n) is 4.81. The predicted molar refractivity (Wildman–Crippen MR) is 66.1 cm³/mol. The monoisotopic (exact) mass is 246 g/mol. The van der Waals surface area contributed by atoms with Crippen LogP contribution in [0.15, 0.2) is 30.5 Å². The Balaban J connectivity index is 2.08. The molecule has 1 aliphatic carbocycles. The lowest BCUT2D eigenvalue weighted by Gasteiger charge is -2.12. The Morgan fingerprint density at radius 2 is 2.17 bits per heavy atom. The topological polar surface area (TPSA) is 38.0 Å². The van der Waals surface area contributed by atoms with E-state index in [0.29, 0.717) is 17.2 Å². The van der Waals surface area contributed by atoms with E-state index >= 15 is 0 Å². The number of aliphatic hydroxyl groups excluding tert-OH is 1. The summed E-state index contributed by atoms with van der Waals surface area (Å²) >= 11 is 0. The smallest absolute Gasteiger partial charge is 0.149 e. The summed E-state index contributed by atoms with van der Waals surface area (Å²) in [6, 6.07) is 6.64. The van der Waals surface area contributed by atoms with Crippen LogP contribution in [-0.4, -0.2) is 14.9 Å². The van der Waals surface area contributed by atoms with Crippen molar-refractivity contribution in [1.82, 2.24) is 9.78 Å². The minimum absolute atomic E-state index is 0.347. The average Bonchev–Trinajstić information content (AvgIpc) is 3.08. The zero-order chi connectivity index (χ0) is 12.7. The molecule has 1 aromatic carbocycles. The van der Waals surface area contributed by atoms with E-state index in [1.165, 1.54) is 10.7 Å². The first kappa shape index (κ1) is 11.4. The third-order valence-electron chi connectivity index (χ3n) is 3.30. The molecule has 1 saturated carbocycles. The summed E-state index contributed by atoms with van der Waals surface area (Å²) in [5.74, 6) is 0.173. The van der Waals surface area contributed by atoms with Gasteiger partial charge in [0.15, 0.2) is 0 Å². The van der Waals surface area contributed by atoms with Crippen LogP contribution >= 0.6 is 0 Å². The number of hydrogen-bond donors (Lipinski definition) is 1. The largest absolute Gasteiger partial charge is 0.389 e. The van der Waals surface area contributed by atoms with Crippen LogP contribution in [0.4, 0.5) is 4.39 Å². The first-order chi connectivity index (χ1) is 8.66. The molecule has 0 aliphatic heterocycles. The molecule has 0 radical (unpaired) electrons. The van der Waals surface area contributed by atoms with Crippen LogP contribution in [-0.2, 0) is 0 Å². The highest BCUT2D eigenvalue weighted by atomic mass is 19.1. The molecule has 94 valence electrons. The van der Waals surface area contributed by atoms with Crippen molar-refractivity contribution in [2.24, 2.45) is 0 Å².